The number of rotatable bonds is 4. The van der Waals surface area contributed by atoms with E-state index in [9.17, 15) is 14.4 Å². The second-order valence-electron chi connectivity index (χ2n) is 7.04. The first kappa shape index (κ1) is 18.4. The number of carbonyl (C=O) groups is 3. The Labute approximate surface area is 120 Å². The third kappa shape index (κ3) is 6.54. The summed E-state index contributed by atoms with van der Waals surface area (Å²) in [5.74, 6) is -2.55. The Morgan fingerprint density at radius 1 is 1.10 bits per heavy atom. The van der Waals surface area contributed by atoms with Gasteiger partial charge in [-0.25, -0.2) is 9.59 Å². The molecule has 0 aromatic carbocycles. The van der Waals surface area contributed by atoms with Crippen molar-refractivity contribution in [2.24, 2.45) is 5.41 Å². The van der Waals surface area contributed by atoms with Gasteiger partial charge in [0.2, 0.25) is 0 Å². The van der Waals surface area contributed by atoms with Crippen molar-refractivity contribution in [1.82, 2.24) is 4.90 Å². The predicted octanol–water partition coefficient (Wildman–Crippen LogP) is 2.31. The van der Waals surface area contributed by atoms with E-state index in [0.29, 0.717) is 0 Å². The van der Waals surface area contributed by atoms with Crippen LogP contribution in [0.15, 0.2) is 0 Å². The highest BCUT2D eigenvalue weighted by Gasteiger charge is 2.36. The minimum Gasteiger partial charge on any atom is -0.475 e. The minimum atomic E-state index is -1.55. The van der Waals surface area contributed by atoms with Crippen molar-refractivity contribution >= 4 is 17.8 Å². The number of nitrogens with zero attached hydrogens (tertiary/aromatic N) is 1. The molecule has 1 amide bonds. The Balaban J connectivity index is 5.17. The van der Waals surface area contributed by atoms with E-state index in [4.69, 9.17) is 9.84 Å². The highest BCUT2D eigenvalue weighted by Crippen LogP contribution is 2.24. The van der Waals surface area contributed by atoms with Crippen LogP contribution in [0.2, 0.25) is 0 Å². The van der Waals surface area contributed by atoms with Crippen LogP contribution in [0.4, 0.5) is 4.79 Å². The number of carbonyl (C=O) groups excluding carboxylic acids is 2. The van der Waals surface area contributed by atoms with Crippen LogP contribution in [0, 0.1) is 5.41 Å². The van der Waals surface area contributed by atoms with E-state index in [1.165, 1.54) is 7.05 Å². The fourth-order valence-corrected chi connectivity index (χ4v) is 1.59. The van der Waals surface area contributed by atoms with Gasteiger partial charge in [0.1, 0.15) is 11.6 Å². The van der Waals surface area contributed by atoms with E-state index in [0.717, 1.165) is 4.90 Å². The summed E-state index contributed by atoms with van der Waals surface area (Å²) in [6, 6.07) is -1.04. The second-order valence-corrected chi connectivity index (χ2v) is 7.04. The Morgan fingerprint density at radius 2 is 1.55 bits per heavy atom. The van der Waals surface area contributed by atoms with Gasteiger partial charge in [0.05, 0.1) is 0 Å². The van der Waals surface area contributed by atoms with E-state index in [2.05, 4.69) is 0 Å². The molecule has 0 aliphatic carbocycles. The molecule has 0 saturated carbocycles. The van der Waals surface area contributed by atoms with E-state index < -0.39 is 29.5 Å². The second kappa shape index (κ2) is 6.24. The number of likely N-dealkylation sites (N-methyl/N-ethyl adjacent to an activating group) is 1. The zero-order chi connectivity index (χ0) is 16.3. The maximum absolute atomic E-state index is 12.0. The summed E-state index contributed by atoms with van der Waals surface area (Å²) in [4.78, 5) is 35.7. The third-order valence-electron chi connectivity index (χ3n) is 2.47. The number of aliphatic carboxylic acids is 1. The highest BCUT2D eigenvalue weighted by molar-refractivity contribution is 6.35. The number of hydrogen-bond acceptors (Lipinski definition) is 4. The molecular formula is C14H25NO5. The monoisotopic (exact) mass is 287 g/mol. The van der Waals surface area contributed by atoms with Crippen LogP contribution >= 0.6 is 0 Å². The number of carboxylic acid groups (broad SMARTS) is 1. The third-order valence-corrected chi connectivity index (χ3v) is 2.47. The summed E-state index contributed by atoms with van der Waals surface area (Å²) in [6.07, 6.45) is -0.463. The summed E-state index contributed by atoms with van der Waals surface area (Å²) in [6.45, 7) is 10.7. The molecule has 0 saturated heterocycles. The van der Waals surface area contributed by atoms with Gasteiger partial charge in [-0.15, -0.1) is 0 Å². The molecule has 0 radical (unpaired) electrons. The van der Waals surface area contributed by atoms with Gasteiger partial charge in [-0.1, -0.05) is 20.8 Å². The fraction of sp³-hybridized carbons (Fsp3) is 0.786. The molecule has 0 aromatic rings. The lowest BCUT2D eigenvalue weighted by molar-refractivity contribution is -0.151. The van der Waals surface area contributed by atoms with E-state index in [-0.39, 0.29) is 11.8 Å². The number of carboxylic acids is 1. The summed E-state index contributed by atoms with van der Waals surface area (Å²) in [5.41, 5.74) is -1.00. The lowest BCUT2D eigenvalue weighted by Gasteiger charge is -2.32. The fourth-order valence-electron chi connectivity index (χ4n) is 1.59. The highest BCUT2D eigenvalue weighted by atomic mass is 16.6. The van der Waals surface area contributed by atoms with Gasteiger partial charge in [0, 0.05) is 7.05 Å². The van der Waals surface area contributed by atoms with Crippen molar-refractivity contribution in [3.63, 3.8) is 0 Å². The van der Waals surface area contributed by atoms with Crippen LogP contribution in [0.25, 0.3) is 0 Å². The molecule has 116 valence electrons. The number of ketones is 1. The Kier molecular flexibility index (Phi) is 5.74. The van der Waals surface area contributed by atoms with E-state index in [1.807, 2.05) is 20.8 Å². The van der Waals surface area contributed by atoms with Gasteiger partial charge in [0.25, 0.3) is 5.78 Å². The number of Topliss-reactive ketones (excluding diaryl/α,β-unsaturated/α-hetero) is 1. The average Bonchev–Trinajstić information content (AvgIpc) is 2.20. The zero-order valence-corrected chi connectivity index (χ0v) is 13.3. The first-order chi connectivity index (χ1) is 8.74. The topological polar surface area (TPSA) is 83.9 Å². The maximum atomic E-state index is 12.0. The normalized spacial score (nSPS) is 13.6. The molecule has 0 heterocycles. The molecule has 0 rings (SSSR count). The average molecular weight is 287 g/mol. The van der Waals surface area contributed by atoms with Crippen molar-refractivity contribution in [2.75, 3.05) is 7.05 Å². The van der Waals surface area contributed by atoms with Crippen LogP contribution in [-0.2, 0) is 14.3 Å². The van der Waals surface area contributed by atoms with E-state index in [1.54, 1.807) is 20.8 Å². The molecule has 0 aromatic heterocycles. The van der Waals surface area contributed by atoms with Gasteiger partial charge in [-0.3, -0.25) is 4.79 Å². The minimum absolute atomic E-state index is 0.244. The van der Waals surface area contributed by atoms with Gasteiger partial charge < -0.3 is 14.7 Å². The SMILES string of the molecule is CN(C(=O)OC(C)(C)C)[C@@H](CC(C)(C)C)C(=O)C(=O)O. The van der Waals surface area contributed by atoms with Crippen LogP contribution in [0.1, 0.15) is 48.0 Å². The predicted molar refractivity (Wildman–Crippen MR) is 74.5 cm³/mol. The van der Waals surface area contributed by atoms with E-state index >= 15 is 0 Å². The van der Waals surface area contributed by atoms with Crippen molar-refractivity contribution in [2.45, 2.75) is 59.6 Å². The van der Waals surface area contributed by atoms with Crippen LogP contribution in [-0.4, -0.2) is 46.5 Å². The molecule has 0 unspecified atom stereocenters. The van der Waals surface area contributed by atoms with Gasteiger partial charge >= 0.3 is 12.1 Å². The van der Waals surface area contributed by atoms with Gasteiger partial charge in [-0.05, 0) is 32.6 Å². The van der Waals surface area contributed by atoms with Crippen molar-refractivity contribution in [3.8, 4) is 0 Å². The molecular weight excluding hydrogens is 262 g/mol. The van der Waals surface area contributed by atoms with Crippen LogP contribution in [0.3, 0.4) is 0 Å². The van der Waals surface area contributed by atoms with Crippen LogP contribution in [0.5, 0.6) is 0 Å². The Bertz CT molecular complexity index is 389. The maximum Gasteiger partial charge on any atom is 0.410 e. The molecule has 6 nitrogen and oxygen atoms in total. The first-order valence-electron chi connectivity index (χ1n) is 6.47. The quantitative estimate of drug-likeness (QED) is 0.802. The zero-order valence-electron chi connectivity index (χ0n) is 13.3. The van der Waals surface area contributed by atoms with Crippen molar-refractivity contribution in [1.29, 1.82) is 0 Å². The molecule has 1 atom stereocenters. The smallest absolute Gasteiger partial charge is 0.410 e. The Hall–Kier alpha value is -1.59. The van der Waals surface area contributed by atoms with Gasteiger partial charge in [0.15, 0.2) is 0 Å². The first-order valence-corrected chi connectivity index (χ1v) is 6.47. The summed E-state index contributed by atoms with van der Waals surface area (Å²) in [5, 5.41) is 8.88. The summed E-state index contributed by atoms with van der Waals surface area (Å²) in [7, 11) is 1.38. The number of ether oxygens (including phenoxy) is 1. The lowest BCUT2D eigenvalue weighted by atomic mass is 9.86. The standard InChI is InChI=1S/C14H25NO5/c1-13(2,3)8-9(10(16)11(17)18)15(7)12(19)20-14(4,5)6/h9H,8H2,1-7H3,(H,17,18)/t9-/m0/s1. The largest absolute Gasteiger partial charge is 0.475 e. The molecule has 20 heavy (non-hydrogen) atoms. The molecule has 0 aliphatic rings. The summed E-state index contributed by atoms with van der Waals surface area (Å²) < 4.78 is 5.17. The van der Waals surface area contributed by atoms with Crippen LogP contribution < -0.4 is 0 Å². The van der Waals surface area contributed by atoms with Crippen molar-refractivity contribution in [3.05, 3.63) is 0 Å². The molecule has 0 aliphatic heterocycles. The molecule has 1 N–H and O–H groups in total. The molecule has 0 fully saturated rings. The summed E-state index contributed by atoms with van der Waals surface area (Å²) >= 11 is 0. The molecule has 6 heteroatoms. The number of hydrogen-bond donors (Lipinski definition) is 1. The lowest BCUT2D eigenvalue weighted by Crippen LogP contribution is -2.48. The molecule has 0 bridgehead atoms. The van der Waals surface area contributed by atoms with Crippen molar-refractivity contribution < 1.29 is 24.2 Å². The Morgan fingerprint density at radius 3 is 1.85 bits per heavy atom. The van der Waals surface area contributed by atoms with Gasteiger partial charge in [-0.2, -0.15) is 0 Å². The number of amides is 1. The molecule has 0 spiro atoms.